The molecule has 0 radical (unpaired) electrons. The van der Waals surface area contributed by atoms with Crippen molar-refractivity contribution in [2.75, 3.05) is 5.73 Å². The van der Waals surface area contributed by atoms with Crippen molar-refractivity contribution in [1.29, 1.82) is 0 Å². The van der Waals surface area contributed by atoms with Gasteiger partial charge in [-0.15, -0.1) is 10.2 Å². The Morgan fingerprint density at radius 1 is 0.938 bits per heavy atom. The van der Waals surface area contributed by atoms with Crippen LogP contribution >= 0.6 is 0 Å². The van der Waals surface area contributed by atoms with Crippen molar-refractivity contribution in [3.63, 3.8) is 0 Å². The molecule has 0 saturated carbocycles. The van der Waals surface area contributed by atoms with E-state index in [4.69, 9.17) is 5.73 Å². The molecular formula is C23H21N4NaO3S. The molecule has 0 aliphatic heterocycles. The first kappa shape index (κ1) is 24.0. The third-order valence-corrected chi connectivity index (χ3v) is 5.74. The molecule has 32 heavy (non-hydrogen) atoms. The molecule has 0 aliphatic carbocycles. The van der Waals surface area contributed by atoms with E-state index in [2.05, 4.69) is 33.4 Å². The summed E-state index contributed by atoms with van der Waals surface area (Å²) in [6.07, 6.45) is 1.58. The zero-order chi connectivity index (χ0) is 22.2. The Kier molecular flexibility index (Phi) is 7.12. The minimum atomic E-state index is -4.46. The molecule has 7 nitrogen and oxygen atoms in total. The Balaban J connectivity index is 0.00000193. The van der Waals surface area contributed by atoms with Crippen molar-refractivity contribution >= 4 is 38.0 Å². The van der Waals surface area contributed by atoms with Crippen LogP contribution < -0.4 is 35.3 Å². The third kappa shape index (κ3) is 5.06. The number of hydrogen-bond acceptors (Lipinski definition) is 6. The van der Waals surface area contributed by atoms with Crippen molar-refractivity contribution in [1.82, 2.24) is 4.98 Å². The topological polar surface area (TPSA) is 118 Å². The number of aryl methyl sites for hydroxylation is 2. The maximum absolute atomic E-state index is 11.8. The monoisotopic (exact) mass is 456 g/mol. The molecule has 0 aliphatic rings. The minimum absolute atomic E-state index is 0. The summed E-state index contributed by atoms with van der Waals surface area (Å²) in [7, 11) is -4.46. The number of anilines is 1. The van der Waals surface area contributed by atoms with Crippen LogP contribution in [-0.4, -0.2) is 18.0 Å². The molecule has 9 heteroatoms. The van der Waals surface area contributed by atoms with E-state index in [1.54, 1.807) is 36.5 Å². The molecule has 1 heterocycles. The Morgan fingerprint density at radius 2 is 1.59 bits per heavy atom. The predicted molar refractivity (Wildman–Crippen MR) is 123 cm³/mol. The van der Waals surface area contributed by atoms with Crippen LogP contribution in [0, 0.1) is 13.8 Å². The van der Waals surface area contributed by atoms with Crippen molar-refractivity contribution in [3.05, 3.63) is 78.0 Å². The number of aromatic nitrogens is 1. The number of nitrogens with two attached hydrogens (primary N) is 1. The maximum Gasteiger partial charge on any atom is 1.00 e. The number of hydrogen-bond donors (Lipinski definition) is 2. The van der Waals surface area contributed by atoms with Gasteiger partial charge in [0.25, 0.3) is 10.1 Å². The zero-order valence-electron chi connectivity index (χ0n) is 18.9. The normalized spacial score (nSPS) is 11.6. The molecule has 0 bridgehead atoms. The van der Waals surface area contributed by atoms with Crippen molar-refractivity contribution in [3.8, 4) is 11.3 Å². The SMILES string of the molecule is Cc1cc(C)cc(-c2ccc(N=Nc3cc(S(=O)(=O)O)c4ccccc4c3N)cn2)c1.[H-].[Na+]. The van der Waals surface area contributed by atoms with Gasteiger partial charge in [-0.1, -0.05) is 41.5 Å². The Bertz CT molecular complexity index is 1420. The molecule has 1 aromatic heterocycles. The fourth-order valence-electron chi connectivity index (χ4n) is 3.50. The van der Waals surface area contributed by atoms with Crippen LogP contribution in [0.25, 0.3) is 22.0 Å². The van der Waals surface area contributed by atoms with E-state index in [0.29, 0.717) is 16.5 Å². The van der Waals surface area contributed by atoms with Gasteiger partial charge in [0.15, 0.2) is 0 Å². The second-order valence-corrected chi connectivity index (χ2v) is 8.70. The van der Waals surface area contributed by atoms with Gasteiger partial charge < -0.3 is 7.16 Å². The number of benzene rings is 3. The van der Waals surface area contributed by atoms with Crippen LogP contribution in [0.3, 0.4) is 0 Å². The molecule has 0 fully saturated rings. The predicted octanol–water partition coefficient (Wildman–Crippen LogP) is 2.88. The molecule has 3 aromatic carbocycles. The molecule has 3 N–H and O–H groups in total. The van der Waals surface area contributed by atoms with Crippen molar-refractivity contribution in [2.45, 2.75) is 18.7 Å². The molecule has 0 amide bonds. The van der Waals surface area contributed by atoms with E-state index in [1.807, 2.05) is 19.9 Å². The maximum atomic E-state index is 11.8. The summed E-state index contributed by atoms with van der Waals surface area (Å²) < 4.78 is 33.3. The first-order chi connectivity index (χ1) is 14.7. The number of azo groups is 1. The summed E-state index contributed by atoms with van der Waals surface area (Å²) in [5.74, 6) is 0. The number of nitrogen functional groups attached to an aromatic ring is 1. The summed E-state index contributed by atoms with van der Waals surface area (Å²) in [6.45, 7) is 4.07. The van der Waals surface area contributed by atoms with Gasteiger partial charge in [0.2, 0.25) is 0 Å². The number of fused-ring (bicyclic) bond motifs is 1. The van der Waals surface area contributed by atoms with Gasteiger partial charge in [0, 0.05) is 16.3 Å². The standard InChI is InChI=1S/C23H20N4O3S.Na.H/c1-14-9-15(2)11-16(10-14)20-8-7-17(13-25-20)26-27-21-12-22(31(28,29)30)18-5-3-4-6-19(18)23(21)24;;/h3-13H,24H2,1-2H3,(H,28,29,30);;/q;+1;-1. The quantitative estimate of drug-likeness (QED) is 0.212. The minimum Gasteiger partial charge on any atom is -1.00 e. The van der Waals surface area contributed by atoms with E-state index in [-0.39, 0.29) is 47.3 Å². The van der Waals surface area contributed by atoms with Crippen LogP contribution in [0.5, 0.6) is 0 Å². The number of rotatable bonds is 4. The van der Waals surface area contributed by atoms with Gasteiger partial charge >= 0.3 is 29.6 Å². The summed E-state index contributed by atoms with van der Waals surface area (Å²) in [5, 5.41) is 9.05. The fourth-order valence-corrected chi connectivity index (χ4v) is 4.21. The molecule has 0 atom stereocenters. The summed E-state index contributed by atoms with van der Waals surface area (Å²) in [4.78, 5) is 4.18. The van der Waals surface area contributed by atoms with E-state index in [9.17, 15) is 13.0 Å². The fraction of sp³-hybridized carbons (Fsp3) is 0.0870. The smallest absolute Gasteiger partial charge is 1.00 e. The third-order valence-electron chi connectivity index (χ3n) is 4.84. The van der Waals surface area contributed by atoms with E-state index in [1.165, 1.54) is 6.07 Å². The zero-order valence-corrected chi connectivity index (χ0v) is 20.8. The van der Waals surface area contributed by atoms with E-state index < -0.39 is 10.1 Å². The van der Waals surface area contributed by atoms with E-state index in [0.717, 1.165) is 22.4 Å². The molecule has 4 aromatic rings. The van der Waals surface area contributed by atoms with Gasteiger partial charge in [-0.3, -0.25) is 9.54 Å². The molecular weight excluding hydrogens is 435 g/mol. The van der Waals surface area contributed by atoms with Gasteiger partial charge in [0.1, 0.15) is 16.3 Å². The van der Waals surface area contributed by atoms with Gasteiger partial charge in [0.05, 0.1) is 17.6 Å². The van der Waals surface area contributed by atoms with Crippen LogP contribution in [0.15, 0.2) is 82.0 Å². The molecule has 4 rings (SSSR count). The Labute approximate surface area is 209 Å². The van der Waals surface area contributed by atoms with Crippen LogP contribution in [0.2, 0.25) is 0 Å². The first-order valence-corrected chi connectivity index (χ1v) is 10.9. The summed E-state index contributed by atoms with van der Waals surface area (Å²) >= 11 is 0. The average Bonchev–Trinajstić information content (AvgIpc) is 2.72. The van der Waals surface area contributed by atoms with Crippen LogP contribution in [0.4, 0.5) is 17.1 Å². The second kappa shape index (κ2) is 9.48. The summed E-state index contributed by atoms with van der Waals surface area (Å²) in [6, 6.07) is 17.7. The van der Waals surface area contributed by atoms with E-state index >= 15 is 0 Å². The van der Waals surface area contributed by atoms with Gasteiger partial charge in [-0.05, 0) is 44.2 Å². The Hall–Kier alpha value is -2.62. The molecule has 0 spiro atoms. The molecule has 158 valence electrons. The number of pyridine rings is 1. The largest absolute Gasteiger partial charge is 1.00 e. The van der Waals surface area contributed by atoms with Gasteiger partial charge in [-0.2, -0.15) is 8.42 Å². The Morgan fingerprint density at radius 3 is 2.19 bits per heavy atom. The van der Waals surface area contributed by atoms with Crippen molar-refractivity contribution in [2.24, 2.45) is 10.2 Å². The van der Waals surface area contributed by atoms with Crippen LogP contribution in [-0.2, 0) is 10.1 Å². The molecule has 0 saturated heterocycles. The summed E-state index contributed by atoms with van der Waals surface area (Å²) in [5.41, 5.74) is 11.2. The average molecular weight is 457 g/mol. The van der Waals surface area contributed by atoms with Crippen molar-refractivity contribution < 1.29 is 44.0 Å². The molecule has 0 unspecified atom stereocenters. The van der Waals surface area contributed by atoms with Crippen LogP contribution in [0.1, 0.15) is 12.6 Å². The first-order valence-electron chi connectivity index (χ1n) is 9.47. The second-order valence-electron chi connectivity index (χ2n) is 7.31. The van der Waals surface area contributed by atoms with Gasteiger partial charge in [-0.25, -0.2) is 0 Å². The number of nitrogens with zero attached hydrogens (tertiary/aromatic N) is 3.